The molecule has 0 saturated heterocycles. The van der Waals surface area contributed by atoms with Crippen molar-refractivity contribution in [3.05, 3.63) is 0 Å². The zero-order chi connectivity index (χ0) is 14.2. The number of nitrogens with zero attached hydrogens (tertiary/aromatic N) is 3. The van der Waals surface area contributed by atoms with Crippen molar-refractivity contribution in [2.75, 3.05) is 0 Å². The Morgan fingerprint density at radius 1 is 0.762 bits per heavy atom. The molecule has 0 aromatic heterocycles. The molecule has 0 N–H and O–H groups in total. The molecule has 4 rings (SSSR count). The Kier molecular flexibility index (Phi) is 4.50. The molecule has 0 aromatic rings. The Hall–Kier alpha value is 0.229. The van der Waals surface area contributed by atoms with Crippen LogP contribution in [-0.2, 0) is 0 Å². The molecular weight excluding hydrogens is 365 g/mol. The molecule has 3 aliphatic carbocycles. The quantitative estimate of drug-likeness (QED) is 0.684. The van der Waals surface area contributed by atoms with Crippen molar-refractivity contribution < 1.29 is 0 Å². The maximum absolute atomic E-state index is 5.28. The van der Waals surface area contributed by atoms with Crippen molar-refractivity contribution >= 4 is 28.4 Å². The van der Waals surface area contributed by atoms with Gasteiger partial charge in [0, 0.05) is 0 Å². The van der Waals surface area contributed by atoms with E-state index in [1.54, 1.807) is 0 Å². The van der Waals surface area contributed by atoms with Crippen LogP contribution in [0.2, 0.25) is 0 Å². The first kappa shape index (κ1) is 14.8. The molecule has 3 nitrogen and oxygen atoms in total. The SMILES string of the molecule is [SnH3][CH]1N=C(C2CCCC2)N(C2CCCC2)N1C1CCCC1. The van der Waals surface area contributed by atoms with Crippen molar-refractivity contribution in [2.45, 2.75) is 93.3 Å². The van der Waals surface area contributed by atoms with Gasteiger partial charge in [-0.05, 0) is 0 Å². The summed E-state index contributed by atoms with van der Waals surface area (Å²) in [5.74, 6) is 2.33. The summed E-state index contributed by atoms with van der Waals surface area (Å²) in [6, 6.07) is 1.61. The van der Waals surface area contributed by atoms with Gasteiger partial charge in [-0.2, -0.15) is 0 Å². The molecule has 0 radical (unpaired) electrons. The second-order valence-corrected chi connectivity index (χ2v) is 10.6. The van der Waals surface area contributed by atoms with E-state index in [-0.39, 0.29) is 0 Å². The zero-order valence-electron chi connectivity index (χ0n) is 13.6. The minimum atomic E-state index is 0.598. The van der Waals surface area contributed by atoms with Crippen molar-refractivity contribution in [3.63, 3.8) is 0 Å². The summed E-state index contributed by atoms with van der Waals surface area (Å²) in [6.45, 7) is 0. The van der Waals surface area contributed by atoms with E-state index in [0.29, 0.717) is 26.7 Å². The molecule has 118 valence electrons. The molecule has 0 bridgehead atoms. The Labute approximate surface area is 142 Å². The molecule has 0 spiro atoms. The van der Waals surface area contributed by atoms with E-state index < -0.39 is 0 Å². The van der Waals surface area contributed by atoms with Crippen LogP contribution < -0.4 is 0 Å². The van der Waals surface area contributed by atoms with Gasteiger partial charge in [-0.1, -0.05) is 0 Å². The molecule has 1 aliphatic heterocycles. The fourth-order valence-electron chi connectivity index (χ4n) is 5.26. The number of hydrazine groups is 1. The van der Waals surface area contributed by atoms with Crippen LogP contribution in [0, 0.1) is 5.92 Å². The van der Waals surface area contributed by atoms with Crippen molar-refractivity contribution in [3.8, 4) is 0 Å². The Morgan fingerprint density at radius 3 is 1.90 bits per heavy atom. The molecule has 1 heterocycles. The van der Waals surface area contributed by atoms with Crippen molar-refractivity contribution in [2.24, 2.45) is 10.9 Å². The molecule has 0 aromatic carbocycles. The van der Waals surface area contributed by atoms with E-state index in [1.165, 1.54) is 82.9 Å². The summed E-state index contributed by atoms with van der Waals surface area (Å²) < 4.78 is 0.603. The molecule has 1 unspecified atom stereocenters. The predicted octanol–water partition coefficient (Wildman–Crippen LogP) is 2.64. The molecule has 4 heteroatoms. The predicted molar refractivity (Wildman–Crippen MR) is 91.3 cm³/mol. The van der Waals surface area contributed by atoms with Gasteiger partial charge in [-0.15, -0.1) is 0 Å². The Balaban J connectivity index is 1.60. The summed E-state index contributed by atoms with van der Waals surface area (Å²) in [5, 5.41) is 5.60. The van der Waals surface area contributed by atoms with Crippen LogP contribution in [0.25, 0.3) is 0 Å². The average molecular weight is 396 g/mol. The summed E-state index contributed by atoms with van der Waals surface area (Å²) in [4.78, 5) is 5.28. The third kappa shape index (κ3) is 2.77. The summed E-state index contributed by atoms with van der Waals surface area (Å²) in [5.41, 5.74) is 0. The number of aliphatic imine (C=N–C) groups is 1. The van der Waals surface area contributed by atoms with E-state index >= 15 is 0 Å². The normalized spacial score (nSPS) is 33.6. The third-order valence-corrected chi connectivity index (χ3v) is 8.52. The number of amidine groups is 1. The van der Waals surface area contributed by atoms with Crippen LogP contribution in [0.15, 0.2) is 4.99 Å². The van der Waals surface area contributed by atoms with E-state index in [0.717, 1.165) is 18.0 Å². The summed E-state index contributed by atoms with van der Waals surface area (Å²) >= 11 is 0.598. The van der Waals surface area contributed by atoms with Gasteiger partial charge in [-0.3, -0.25) is 0 Å². The monoisotopic (exact) mass is 397 g/mol. The Morgan fingerprint density at radius 2 is 1.29 bits per heavy atom. The minimum absolute atomic E-state index is 0.598. The van der Waals surface area contributed by atoms with Gasteiger partial charge < -0.3 is 0 Å². The standard InChI is InChI=1S/C17H28N3.Sn.3H/c1-2-8-14(7-1)17-18-13-19(15-9-3-4-10-15)20(17)16-11-5-6-12-16;;;;/h13-16H,1-12H2;;;;. The topological polar surface area (TPSA) is 18.8 Å². The second-order valence-electron chi connectivity index (χ2n) is 7.70. The van der Waals surface area contributed by atoms with Crippen LogP contribution in [0.1, 0.15) is 77.0 Å². The van der Waals surface area contributed by atoms with Gasteiger partial charge in [0.05, 0.1) is 0 Å². The second kappa shape index (κ2) is 6.38. The first-order chi connectivity index (χ1) is 10.3. The molecular formula is C17H31N3Sn. The molecule has 4 aliphatic rings. The fourth-order valence-corrected chi connectivity index (χ4v) is 7.93. The number of hydrogen-bond donors (Lipinski definition) is 0. The van der Waals surface area contributed by atoms with Crippen LogP contribution in [0.4, 0.5) is 0 Å². The van der Waals surface area contributed by atoms with Gasteiger partial charge in [0.2, 0.25) is 0 Å². The van der Waals surface area contributed by atoms with E-state index in [1.807, 2.05) is 0 Å². The molecule has 1 atom stereocenters. The van der Waals surface area contributed by atoms with Gasteiger partial charge >= 0.3 is 143 Å². The van der Waals surface area contributed by atoms with Gasteiger partial charge in [0.1, 0.15) is 0 Å². The van der Waals surface area contributed by atoms with E-state index in [2.05, 4.69) is 10.0 Å². The number of rotatable bonds is 3. The van der Waals surface area contributed by atoms with Gasteiger partial charge in [0.25, 0.3) is 0 Å². The van der Waals surface area contributed by atoms with E-state index in [4.69, 9.17) is 4.99 Å². The molecule has 0 amide bonds. The average Bonchev–Trinajstić information content (AvgIpc) is 3.26. The van der Waals surface area contributed by atoms with Crippen molar-refractivity contribution in [1.82, 2.24) is 10.0 Å². The summed E-state index contributed by atoms with van der Waals surface area (Å²) in [6.07, 6.45) is 17.1. The fraction of sp³-hybridized carbons (Fsp3) is 0.941. The van der Waals surface area contributed by atoms with Gasteiger partial charge in [0.15, 0.2) is 0 Å². The first-order valence-corrected chi connectivity index (χ1v) is 12.8. The third-order valence-electron chi connectivity index (χ3n) is 6.28. The van der Waals surface area contributed by atoms with E-state index in [9.17, 15) is 0 Å². The van der Waals surface area contributed by atoms with Gasteiger partial charge in [-0.25, -0.2) is 0 Å². The Bertz CT molecular complexity index is 393. The van der Waals surface area contributed by atoms with Crippen LogP contribution >= 0.6 is 0 Å². The zero-order valence-corrected chi connectivity index (χ0v) is 19.3. The van der Waals surface area contributed by atoms with Crippen LogP contribution in [0.5, 0.6) is 0 Å². The van der Waals surface area contributed by atoms with Crippen LogP contribution in [-0.4, -0.2) is 54.6 Å². The molecule has 3 fully saturated rings. The number of hydrogen-bond acceptors (Lipinski definition) is 3. The van der Waals surface area contributed by atoms with Crippen LogP contribution in [0.3, 0.4) is 0 Å². The maximum atomic E-state index is 5.28. The van der Waals surface area contributed by atoms with Crippen molar-refractivity contribution in [1.29, 1.82) is 0 Å². The molecule has 21 heavy (non-hydrogen) atoms. The summed E-state index contributed by atoms with van der Waals surface area (Å²) in [7, 11) is 0. The first-order valence-electron chi connectivity index (χ1n) is 9.50. The molecule has 3 saturated carbocycles.